The molecule has 0 atom stereocenters. The Morgan fingerprint density at radius 1 is 1.30 bits per heavy atom. The Labute approximate surface area is 119 Å². The van der Waals surface area contributed by atoms with Crippen LogP contribution in [0.25, 0.3) is 0 Å². The number of hydrazine groups is 1. The second-order valence-electron chi connectivity index (χ2n) is 5.66. The molecule has 1 saturated carbocycles. The molecule has 0 unspecified atom stereocenters. The summed E-state index contributed by atoms with van der Waals surface area (Å²) in [4.78, 5) is 12.7. The summed E-state index contributed by atoms with van der Waals surface area (Å²) in [5.41, 5.74) is 3.96. The highest BCUT2D eigenvalue weighted by atomic mass is 16.6. The van der Waals surface area contributed by atoms with Crippen LogP contribution in [-0.4, -0.2) is 18.0 Å². The van der Waals surface area contributed by atoms with Crippen LogP contribution in [-0.2, 0) is 0 Å². The lowest BCUT2D eigenvalue weighted by atomic mass is 9.86. The Morgan fingerprint density at radius 2 is 1.95 bits per heavy atom. The first-order valence-corrected chi connectivity index (χ1v) is 7.00. The maximum absolute atomic E-state index is 11.0. The zero-order valence-electron chi connectivity index (χ0n) is 12.0. The first-order chi connectivity index (χ1) is 9.51. The van der Waals surface area contributed by atoms with Gasteiger partial charge >= 0.3 is 0 Å². The van der Waals surface area contributed by atoms with E-state index in [0.717, 1.165) is 24.4 Å². The van der Waals surface area contributed by atoms with E-state index in [0.29, 0.717) is 11.7 Å². The van der Waals surface area contributed by atoms with E-state index >= 15 is 0 Å². The molecule has 1 aromatic carbocycles. The molecule has 1 aromatic rings. The van der Waals surface area contributed by atoms with Crippen LogP contribution in [0.1, 0.15) is 32.6 Å². The molecule has 1 fully saturated rings. The predicted octanol–water partition coefficient (Wildman–Crippen LogP) is 2.90. The number of nitrogens with zero attached hydrogens (tertiary/aromatic N) is 2. The van der Waals surface area contributed by atoms with Crippen molar-refractivity contribution in [3.63, 3.8) is 0 Å². The molecule has 0 radical (unpaired) electrons. The molecule has 1 aliphatic rings. The van der Waals surface area contributed by atoms with Crippen LogP contribution in [0.4, 0.5) is 17.1 Å². The van der Waals surface area contributed by atoms with Crippen LogP contribution in [0.5, 0.6) is 0 Å². The van der Waals surface area contributed by atoms with Gasteiger partial charge in [0.05, 0.1) is 10.6 Å². The standard InChI is InChI=1S/C14H22N4O2/c1-10-3-5-12(6-4-10)17(2)13-7-11(16-15)8-14(9-13)18(19)20/h7-10,12,16H,3-6,15H2,1-2H3. The predicted molar refractivity (Wildman–Crippen MR) is 80.7 cm³/mol. The van der Waals surface area contributed by atoms with E-state index in [1.807, 2.05) is 13.1 Å². The molecule has 0 spiro atoms. The van der Waals surface area contributed by atoms with Gasteiger partial charge in [0, 0.05) is 30.9 Å². The monoisotopic (exact) mass is 278 g/mol. The van der Waals surface area contributed by atoms with Gasteiger partial charge in [-0.1, -0.05) is 6.92 Å². The maximum atomic E-state index is 11.0. The number of hydrogen-bond donors (Lipinski definition) is 2. The van der Waals surface area contributed by atoms with E-state index in [2.05, 4.69) is 17.2 Å². The van der Waals surface area contributed by atoms with E-state index in [1.165, 1.54) is 18.9 Å². The van der Waals surface area contributed by atoms with Crippen molar-refractivity contribution in [2.75, 3.05) is 17.4 Å². The molecular weight excluding hydrogens is 256 g/mol. The van der Waals surface area contributed by atoms with Gasteiger partial charge in [-0.15, -0.1) is 0 Å². The van der Waals surface area contributed by atoms with Crippen molar-refractivity contribution >= 4 is 17.1 Å². The number of nitro benzene ring substituents is 1. The number of non-ortho nitro benzene ring substituents is 1. The fourth-order valence-corrected chi connectivity index (χ4v) is 2.83. The molecule has 6 nitrogen and oxygen atoms in total. The van der Waals surface area contributed by atoms with Gasteiger partial charge < -0.3 is 10.3 Å². The van der Waals surface area contributed by atoms with Crippen LogP contribution in [0.3, 0.4) is 0 Å². The van der Waals surface area contributed by atoms with Crippen LogP contribution in [0.15, 0.2) is 18.2 Å². The third-order valence-corrected chi connectivity index (χ3v) is 4.22. The minimum absolute atomic E-state index is 0.0616. The Bertz CT molecular complexity index is 484. The second kappa shape index (κ2) is 6.09. The van der Waals surface area contributed by atoms with Crippen LogP contribution < -0.4 is 16.2 Å². The number of nitro groups is 1. The number of hydrogen-bond acceptors (Lipinski definition) is 5. The molecule has 110 valence electrons. The summed E-state index contributed by atoms with van der Waals surface area (Å²) < 4.78 is 0. The second-order valence-corrected chi connectivity index (χ2v) is 5.66. The number of nitrogen functional groups attached to an aromatic ring is 1. The van der Waals surface area contributed by atoms with E-state index in [1.54, 1.807) is 6.07 Å². The van der Waals surface area contributed by atoms with Gasteiger partial charge in [0.1, 0.15) is 0 Å². The molecular formula is C14H22N4O2. The molecule has 0 heterocycles. The van der Waals surface area contributed by atoms with Crippen LogP contribution in [0.2, 0.25) is 0 Å². The minimum atomic E-state index is -0.388. The average Bonchev–Trinajstić information content (AvgIpc) is 2.46. The summed E-state index contributed by atoms with van der Waals surface area (Å²) >= 11 is 0. The lowest BCUT2D eigenvalue weighted by molar-refractivity contribution is -0.384. The number of nitrogens with one attached hydrogen (secondary N) is 1. The zero-order valence-corrected chi connectivity index (χ0v) is 12.0. The summed E-state index contributed by atoms with van der Waals surface area (Å²) in [7, 11) is 2.00. The summed E-state index contributed by atoms with van der Waals surface area (Å²) in [5.74, 6) is 6.18. The van der Waals surface area contributed by atoms with Crippen molar-refractivity contribution in [3.8, 4) is 0 Å². The molecule has 0 aliphatic heterocycles. The molecule has 0 saturated heterocycles. The van der Waals surface area contributed by atoms with E-state index < -0.39 is 0 Å². The van der Waals surface area contributed by atoms with Gasteiger partial charge in [0.15, 0.2) is 0 Å². The van der Waals surface area contributed by atoms with Gasteiger partial charge in [-0.25, -0.2) is 0 Å². The van der Waals surface area contributed by atoms with Gasteiger partial charge in [-0.2, -0.15) is 0 Å². The number of nitrogens with two attached hydrogens (primary N) is 1. The molecule has 3 N–H and O–H groups in total. The fourth-order valence-electron chi connectivity index (χ4n) is 2.83. The van der Waals surface area contributed by atoms with Crippen molar-refractivity contribution in [1.29, 1.82) is 0 Å². The molecule has 2 rings (SSSR count). The molecule has 1 aliphatic carbocycles. The molecule has 0 bridgehead atoms. The Hall–Kier alpha value is -1.82. The maximum Gasteiger partial charge on any atom is 0.273 e. The SMILES string of the molecule is CC1CCC(N(C)c2cc(NN)cc([N+](=O)[O-])c2)CC1. The number of rotatable bonds is 4. The van der Waals surface area contributed by atoms with Crippen molar-refractivity contribution in [3.05, 3.63) is 28.3 Å². The topological polar surface area (TPSA) is 84.4 Å². The normalized spacial score (nSPS) is 22.4. The first-order valence-electron chi connectivity index (χ1n) is 7.00. The third kappa shape index (κ3) is 3.19. The Balaban J connectivity index is 2.22. The zero-order chi connectivity index (χ0) is 14.7. The smallest absolute Gasteiger partial charge is 0.273 e. The van der Waals surface area contributed by atoms with E-state index in [9.17, 15) is 10.1 Å². The average molecular weight is 278 g/mol. The lowest BCUT2D eigenvalue weighted by Gasteiger charge is -2.35. The fraction of sp³-hybridized carbons (Fsp3) is 0.571. The highest BCUT2D eigenvalue weighted by Gasteiger charge is 2.23. The molecule has 20 heavy (non-hydrogen) atoms. The van der Waals surface area contributed by atoms with Gasteiger partial charge in [0.25, 0.3) is 5.69 Å². The van der Waals surface area contributed by atoms with Crippen molar-refractivity contribution in [1.82, 2.24) is 0 Å². The van der Waals surface area contributed by atoms with E-state index in [-0.39, 0.29) is 10.6 Å². The largest absolute Gasteiger partial charge is 0.371 e. The molecule has 0 amide bonds. The summed E-state index contributed by atoms with van der Waals surface area (Å²) in [6.07, 6.45) is 4.69. The Morgan fingerprint density at radius 3 is 2.50 bits per heavy atom. The Kier molecular flexibility index (Phi) is 4.44. The molecule has 0 aromatic heterocycles. The van der Waals surface area contributed by atoms with Gasteiger partial charge in [-0.3, -0.25) is 16.0 Å². The van der Waals surface area contributed by atoms with Crippen LogP contribution in [0, 0.1) is 16.0 Å². The highest BCUT2D eigenvalue weighted by molar-refractivity contribution is 5.64. The summed E-state index contributed by atoms with van der Waals surface area (Å²) in [6, 6.07) is 5.35. The van der Waals surface area contributed by atoms with Crippen LogP contribution >= 0.6 is 0 Å². The quantitative estimate of drug-likeness (QED) is 0.502. The molecule has 6 heteroatoms. The minimum Gasteiger partial charge on any atom is -0.371 e. The third-order valence-electron chi connectivity index (χ3n) is 4.22. The first kappa shape index (κ1) is 14.6. The number of anilines is 2. The van der Waals surface area contributed by atoms with Gasteiger partial charge in [-0.05, 0) is 37.7 Å². The highest BCUT2D eigenvalue weighted by Crippen LogP contribution is 2.32. The summed E-state index contributed by atoms with van der Waals surface area (Å²) in [6.45, 7) is 2.28. The van der Waals surface area contributed by atoms with E-state index in [4.69, 9.17) is 5.84 Å². The lowest BCUT2D eigenvalue weighted by Crippen LogP contribution is -2.34. The number of benzene rings is 1. The van der Waals surface area contributed by atoms with Crippen molar-refractivity contribution in [2.24, 2.45) is 11.8 Å². The summed E-state index contributed by atoms with van der Waals surface area (Å²) in [5, 5.41) is 11.0. The van der Waals surface area contributed by atoms with Crippen molar-refractivity contribution < 1.29 is 4.92 Å². The van der Waals surface area contributed by atoms with Gasteiger partial charge in [0.2, 0.25) is 0 Å². The van der Waals surface area contributed by atoms with Crippen molar-refractivity contribution in [2.45, 2.75) is 38.6 Å².